The number of anilines is 2. The van der Waals surface area contributed by atoms with Crippen LogP contribution in [0, 0.1) is 13.8 Å². The van der Waals surface area contributed by atoms with Crippen LogP contribution in [0.3, 0.4) is 0 Å². The maximum atomic E-state index is 13.4. The van der Waals surface area contributed by atoms with Crippen molar-refractivity contribution in [1.29, 1.82) is 0 Å². The van der Waals surface area contributed by atoms with E-state index >= 15 is 0 Å². The molecule has 2 atom stereocenters. The van der Waals surface area contributed by atoms with E-state index in [4.69, 9.17) is 9.47 Å². The highest BCUT2D eigenvalue weighted by molar-refractivity contribution is 5.96. The number of amides is 4. The van der Waals surface area contributed by atoms with Crippen LogP contribution >= 0.6 is 0 Å². The normalized spacial score (nSPS) is 11.9. The molecule has 0 bridgehead atoms. The Bertz CT molecular complexity index is 1450. The molecule has 4 N–H and O–H groups in total. The van der Waals surface area contributed by atoms with Gasteiger partial charge in [-0.1, -0.05) is 145 Å². The first-order valence-electron chi connectivity index (χ1n) is 19.9. The lowest BCUT2D eigenvalue weighted by molar-refractivity contribution is -0.146. The molecule has 0 saturated heterocycles. The van der Waals surface area contributed by atoms with Crippen LogP contribution in [-0.2, 0) is 31.9 Å². The first-order valence-corrected chi connectivity index (χ1v) is 19.9. The SMILES string of the molecule is CCCCCCCCOC(=O)[C@H](Cc1ccccc1)NC(=O)Nc1cc(NC(=O)N[C@@H](Cc2ccccc2)C(=O)OCCCCCCCC)c(C)cc1C. The molecule has 3 rings (SSSR count). The number of carbonyl (C=O) groups excluding carboxylic acids is 4. The van der Waals surface area contributed by atoms with Crippen LogP contribution in [0.15, 0.2) is 72.8 Å². The summed E-state index contributed by atoms with van der Waals surface area (Å²) in [5.41, 5.74) is 4.21. The van der Waals surface area contributed by atoms with Gasteiger partial charge in [0.05, 0.1) is 13.2 Å². The number of urea groups is 2. The largest absolute Gasteiger partial charge is 0.464 e. The third-order valence-electron chi connectivity index (χ3n) is 9.30. The quantitative estimate of drug-likeness (QED) is 0.0534. The summed E-state index contributed by atoms with van der Waals surface area (Å²) >= 11 is 0. The first kappa shape index (κ1) is 43.5. The topological polar surface area (TPSA) is 135 Å². The Morgan fingerprint density at radius 2 is 0.889 bits per heavy atom. The average molecular weight is 743 g/mol. The van der Waals surface area contributed by atoms with Gasteiger partial charge in [-0.2, -0.15) is 0 Å². The van der Waals surface area contributed by atoms with Crippen molar-refractivity contribution >= 4 is 35.4 Å². The molecule has 4 amide bonds. The lowest BCUT2D eigenvalue weighted by Crippen LogP contribution is -2.45. The van der Waals surface area contributed by atoms with Crippen molar-refractivity contribution < 1.29 is 28.7 Å². The predicted molar refractivity (Wildman–Crippen MR) is 217 cm³/mol. The van der Waals surface area contributed by atoms with E-state index < -0.39 is 36.1 Å². The fraction of sp³-hybridized carbons (Fsp3) is 0.500. The van der Waals surface area contributed by atoms with E-state index in [9.17, 15) is 19.2 Å². The van der Waals surface area contributed by atoms with Crippen molar-refractivity contribution in [2.75, 3.05) is 23.8 Å². The van der Waals surface area contributed by atoms with Gasteiger partial charge >= 0.3 is 24.0 Å². The molecule has 0 saturated carbocycles. The van der Waals surface area contributed by atoms with Gasteiger partial charge in [-0.05, 0) is 55.0 Å². The van der Waals surface area contributed by atoms with E-state index in [1.165, 1.54) is 38.5 Å². The number of benzene rings is 3. The van der Waals surface area contributed by atoms with Crippen LogP contribution in [0.1, 0.15) is 113 Å². The number of nitrogens with one attached hydrogen (secondary N) is 4. The van der Waals surface area contributed by atoms with Crippen molar-refractivity contribution in [2.45, 2.75) is 130 Å². The third kappa shape index (κ3) is 16.9. The number of carbonyl (C=O) groups is 4. The van der Waals surface area contributed by atoms with Crippen LogP contribution in [0.5, 0.6) is 0 Å². The monoisotopic (exact) mass is 742 g/mol. The van der Waals surface area contributed by atoms with Gasteiger partial charge in [-0.3, -0.25) is 0 Å². The van der Waals surface area contributed by atoms with E-state index in [1.54, 1.807) is 6.07 Å². The van der Waals surface area contributed by atoms with Gasteiger partial charge in [-0.15, -0.1) is 0 Å². The minimum atomic E-state index is -0.899. The summed E-state index contributed by atoms with van der Waals surface area (Å²) in [4.78, 5) is 53.1. The molecule has 0 radical (unpaired) electrons. The molecule has 3 aromatic carbocycles. The van der Waals surface area contributed by atoms with Crippen molar-refractivity contribution in [2.24, 2.45) is 0 Å². The molecule has 0 heterocycles. The van der Waals surface area contributed by atoms with E-state index in [-0.39, 0.29) is 12.8 Å². The van der Waals surface area contributed by atoms with E-state index in [1.807, 2.05) is 80.6 Å². The lowest BCUT2D eigenvalue weighted by Gasteiger charge is -2.21. The summed E-state index contributed by atoms with van der Waals surface area (Å²) in [5.74, 6) is -0.976. The maximum absolute atomic E-state index is 13.4. The molecule has 54 heavy (non-hydrogen) atoms. The number of hydrogen-bond acceptors (Lipinski definition) is 6. The molecule has 10 heteroatoms. The molecule has 0 fully saturated rings. The number of aryl methyl sites for hydroxylation is 2. The molecule has 0 aliphatic carbocycles. The fourth-order valence-electron chi connectivity index (χ4n) is 6.15. The van der Waals surface area contributed by atoms with Gasteiger partial charge in [0.25, 0.3) is 0 Å². The number of esters is 2. The Balaban J connectivity index is 1.64. The minimum Gasteiger partial charge on any atom is -0.464 e. The number of rotatable bonds is 24. The molecule has 0 aromatic heterocycles. The van der Waals surface area contributed by atoms with Crippen LogP contribution in [-0.4, -0.2) is 49.3 Å². The fourth-order valence-corrected chi connectivity index (χ4v) is 6.15. The molecular formula is C44H62N4O6. The van der Waals surface area contributed by atoms with Crippen LogP contribution in [0.25, 0.3) is 0 Å². The van der Waals surface area contributed by atoms with E-state index in [2.05, 4.69) is 35.1 Å². The summed E-state index contributed by atoms with van der Waals surface area (Å²) in [7, 11) is 0. The van der Waals surface area contributed by atoms with Crippen LogP contribution in [0.4, 0.5) is 21.0 Å². The summed E-state index contributed by atoms with van der Waals surface area (Å²) in [5, 5.41) is 11.3. The molecule has 0 unspecified atom stereocenters. The Labute approximate surface area is 322 Å². The Morgan fingerprint density at radius 3 is 1.28 bits per heavy atom. The van der Waals surface area contributed by atoms with Crippen molar-refractivity contribution in [3.8, 4) is 0 Å². The third-order valence-corrected chi connectivity index (χ3v) is 9.30. The lowest BCUT2D eigenvalue weighted by atomic mass is 10.1. The molecule has 10 nitrogen and oxygen atoms in total. The van der Waals surface area contributed by atoms with Gasteiger partial charge in [-0.25, -0.2) is 19.2 Å². The Kier molecular flexibility index (Phi) is 20.3. The first-order chi connectivity index (χ1) is 26.2. The van der Waals surface area contributed by atoms with E-state index in [0.29, 0.717) is 24.6 Å². The van der Waals surface area contributed by atoms with Gasteiger partial charge in [0.2, 0.25) is 0 Å². The second-order valence-electron chi connectivity index (χ2n) is 14.0. The summed E-state index contributed by atoms with van der Waals surface area (Å²) < 4.78 is 11.2. The summed E-state index contributed by atoms with van der Waals surface area (Å²) in [6.07, 6.45) is 13.4. The van der Waals surface area contributed by atoms with Gasteiger partial charge in [0.1, 0.15) is 12.1 Å². The standard InChI is InChI=1S/C44H62N4O6/c1-5-7-9-11-13-21-27-53-41(49)39(30-35-23-17-15-18-24-35)47-43(51)45-37-32-38(34(4)29-33(37)3)46-44(52)48-40(31-36-25-19-16-20-26-36)42(50)54-28-22-14-12-10-8-6-2/h15-20,23-26,29,32,39-40H,5-14,21-22,27-28,30-31H2,1-4H3,(H2,45,47,51)(H2,46,48,52)/t39-,40-/m0/s1. The highest BCUT2D eigenvalue weighted by Crippen LogP contribution is 2.25. The van der Waals surface area contributed by atoms with Gasteiger partial charge in [0.15, 0.2) is 0 Å². The van der Waals surface area contributed by atoms with E-state index in [0.717, 1.165) is 60.8 Å². The van der Waals surface area contributed by atoms with Crippen molar-refractivity contribution in [3.63, 3.8) is 0 Å². The zero-order chi connectivity index (χ0) is 39.0. The predicted octanol–water partition coefficient (Wildman–Crippen LogP) is 9.58. The zero-order valence-corrected chi connectivity index (χ0v) is 32.8. The van der Waals surface area contributed by atoms with Crippen molar-refractivity contribution in [1.82, 2.24) is 10.6 Å². The molecule has 0 aliphatic rings. The Morgan fingerprint density at radius 1 is 0.519 bits per heavy atom. The zero-order valence-electron chi connectivity index (χ0n) is 32.8. The minimum absolute atomic E-state index is 0.273. The number of hydrogen-bond donors (Lipinski definition) is 4. The second kappa shape index (κ2) is 25.2. The number of unbranched alkanes of at least 4 members (excludes halogenated alkanes) is 10. The number of ether oxygens (including phenoxy) is 2. The van der Waals surface area contributed by atoms with Gasteiger partial charge < -0.3 is 30.7 Å². The van der Waals surface area contributed by atoms with Crippen LogP contribution < -0.4 is 21.3 Å². The maximum Gasteiger partial charge on any atom is 0.329 e. The molecule has 0 spiro atoms. The smallest absolute Gasteiger partial charge is 0.329 e. The molecular weight excluding hydrogens is 681 g/mol. The average Bonchev–Trinajstić information content (AvgIpc) is 3.16. The molecule has 294 valence electrons. The van der Waals surface area contributed by atoms with Crippen molar-refractivity contribution in [3.05, 3.63) is 95.1 Å². The Hall–Kier alpha value is -4.86. The highest BCUT2D eigenvalue weighted by atomic mass is 16.5. The second-order valence-corrected chi connectivity index (χ2v) is 14.0. The van der Waals surface area contributed by atoms with Crippen LogP contribution in [0.2, 0.25) is 0 Å². The van der Waals surface area contributed by atoms with Gasteiger partial charge in [0, 0.05) is 24.2 Å². The highest BCUT2D eigenvalue weighted by Gasteiger charge is 2.25. The summed E-state index contributed by atoms with van der Waals surface area (Å²) in [6, 6.07) is 19.5. The molecule has 3 aromatic rings. The molecule has 0 aliphatic heterocycles. The summed E-state index contributed by atoms with van der Waals surface area (Å²) in [6.45, 7) is 8.65.